The predicted molar refractivity (Wildman–Crippen MR) is 101 cm³/mol. The van der Waals surface area contributed by atoms with Gasteiger partial charge in [0.25, 0.3) is 0 Å². The standard InChI is InChI=1S/C21H24N2O3/c24-20(14-16-5-2-1-3-6-16)22-19-8-4-7-17(13-19)15-23-11-9-18(10-12-23)21(25)26/h1-8,13,18H,9-12,14-15H2,(H,22,24)(H,25,26). The molecular weight excluding hydrogens is 328 g/mol. The molecule has 0 atom stereocenters. The average Bonchev–Trinajstić information content (AvgIpc) is 2.63. The molecule has 0 unspecified atom stereocenters. The molecule has 0 spiro atoms. The molecule has 1 aliphatic rings. The number of carbonyl (C=O) groups is 2. The first kappa shape index (κ1) is 18.1. The van der Waals surface area contributed by atoms with Crippen molar-refractivity contribution >= 4 is 17.6 Å². The summed E-state index contributed by atoms with van der Waals surface area (Å²) in [7, 11) is 0. The maximum Gasteiger partial charge on any atom is 0.306 e. The van der Waals surface area contributed by atoms with E-state index in [9.17, 15) is 9.59 Å². The summed E-state index contributed by atoms with van der Waals surface area (Å²) in [6.45, 7) is 2.36. The van der Waals surface area contributed by atoms with Crippen LogP contribution in [0, 0.1) is 5.92 Å². The smallest absolute Gasteiger partial charge is 0.306 e. The van der Waals surface area contributed by atoms with Crippen LogP contribution < -0.4 is 5.32 Å². The van der Waals surface area contributed by atoms with Crippen molar-refractivity contribution in [3.05, 3.63) is 65.7 Å². The van der Waals surface area contributed by atoms with Crippen LogP contribution in [-0.4, -0.2) is 35.0 Å². The number of benzene rings is 2. The molecule has 0 radical (unpaired) electrons. The second kappa shape index (κ2) is 8.63. The van der Waals surface area contributed by atoms with Crippen molar-refractivity contribution in [3.63, 3.8) is 0 Å². The zero-order valence-electron chi connectivity index (χ0n) is 14.7. The van der Waals surface area contributed by atoms with Gasteiger partial charge in [-0.15, -0.1) is 0 Å². The van der Waals surface area contributed by atoms with E-state index in [4.69, 9.17) is 5.11 Å². The summed E-state index contributed by atoms with van der Waals surface area (Å²) in [6.07, 6.45) is 1.75. The summed E-state index contributed by atoms with van der Waals surface area (Å²) in [5.41, 5.74) is 2.91. The number of carboxylic acid groups (broad SMARTS) is 1. The monoisotopic (exact) mass is 352 g/mol. The fourth-order valence-electron chi connectivity index (χ4n) is 3.33. The predicted octanol–water partition coefficient (Wildman–Crippen LogP) is 3.16. The molecule has 2 aromatic rings. The van der Waals surface area contributed by atoms with Crippen molar-refractivity contribution < 1.29 is 14.7 Å². The normalized spacial score (nSPS) is 15.5. The zero-order chi connectivity index (χ0) is 18.4. The van der Waals surface area contributed by atoms with E-state index in [1.165, 1.54) is 0 Å². The molecule has 3 rings (SSSR count). The van der Waals surface area contributed by atoms with Gasteiger partial charge in [-0.3, -0.25) is 14.5 Å². The van der Waals surface area contributed by atoms with Gasteiger partial charge in [-0.1, -0.05) is 42.5 Å². The van der Waals surface area contributed by atoms with Gasteiger partial charge in [0.2, 0.25) is 5.91 Å². The molecule has 0 aliphatic carbocycles. The van der Waals surface area contributed by atoms with Crippen LogP contribution in [0.5, 0.6) is 0 Å². The minimum absolute atomic E-state index is 0.0318. The summed E-state index contributed by atoms with van der Waals surface area (Å²) < 4.78 is 0. The van der Waals surface area contributed by atoms with E-state index in [1.807, 2.05) is 54.6 Å². The maximum atomic E-state index is 12.2. The van der Waals surface area contributed by atoms with Crippen molar-refractivity contribution in [2.45, 2.75) is 25.8 Å². The summed E-state index contributed by atoms with van der Waals surface area (Å²) in [4.78, 5) is 25.5. The van der Waals surface area contributed by atoms with Gasteiger partial charge in [0, 0.05) is 12.2 Å². The second-order valence-electron chi connectivity index (χ2n) is 6.80. The Hall–Kier alpha value is -2.66. The number of anilines is 1. The van der Waals surface area contributed by atoms with Crippen molar-refractivity contribution in [2.24, 2.45) is 5.92 Å². The Balaban J connectivity index is 1.53. The van der Waals surface area contributed by atoms with Crippen LogP contribution in [0.3, 0.4) is 0 Å². The summed E-state index contributed by atoms with van der Waals surface area (Å²) >= 11 is 0. The molecule has 0 aromatic heterocycles. The third-order valence-electron chi connectivity index (χ3n) is 4.76. The van der Waals surface area contributed by atoms with Gasteiger partial charge in [-0.2, -0.15) is 0 Å². The highest BCUT2D eigenvalue weighted by Gasteiger charge is 2.24. The van der Waals surface area contributed by atoms with E-state index in [0.717, 1.165) is 36.4 Å². The van der Waals surface area contributed by atoms with E-state index < -0.39 is 5.97 Å². The molecule has 1 fully saturated rings. The van der Waals surface area contributed by atoms with E-state index in [2.05, 4.69) is 10.2 Å². The Labute approximate surface area is 153 Å². The van der Waals surface area contributed by atoms with Crippen molar-refractivity contribution in [1.82, 2.24) is 4.90 Å². The first-order valence-electron chi connectivity index (χ1n) is 8.98. The van der Waals surface area contributed by atoms with E-state index in [1.54, 1.807) is 0 Å². The molecule has 2 N–H and O–H groups in total. The molecule has 136 valence electrons. The Morgan fingerprint density at radius 3 is 2.38 bits per heavy atom. The van der Waals surface area contributed by atoms with Crippen LogP contribution in [0.15, 0.2) is 54.6 Å². The van der Waals surface area contributed by atoms with Gasteiger partial charge in [0.15, 0.2) is 0 Å². The number of likely N-dealkylation sites (tertiary alicyclic amines) is 1. The van der Waals surface area contributed by atoms with Crippen molar-refractivity contribution in [3.8, 4) is 0 Å². The molecule has 1 saturated heterocycles. The fraction of sp³-hybridized carbons (Fsp3) is 0.333. The topological polar surface area (TPSA) is 69.6 Å². The third kappa shape index (κ3) is 5.17. The number of nitrogens with zero attached hydrogens (tertiary/aromatic N) is 1. The molecule has 1 amide bonds. The quantitative estimate of drug-likeness (QED) is 0.838. The largest absolute Gasteiger partial charge is 0.481 e. The molecular formula is C21H24N2O3. The van der Waals surface area contributed by atoms with Crippen molar-refractivity contribution in [1.29, 1.82) is 0 Å². The minimum Gasteiger partial charge on any atom is -0.481 e. The first-order valence-corrected chi connectivity index (χ1v) is 8.98. The van der Waals surface area contributed by atoms with Crippen LogP contribution in [-0.2, 0) is 22.6 Å². The molecule has 1 heterocycles. The first-order chi connectivity index (χ1) is 12.6. The number of hydrogen-bond acceptors (Lipinski definition) is 3. The number of piperidine rings is 1. The average molecular weight is 352 g/mol. The number of rotatable bonds is 6. The Bertz CT molecular complexity index is 753. The van der Waals surface area contributed by atoms with E-state index in [0.29, 0.717) is 19.3 Å². The van der Waals surface area contributed by atoms with Gasteiger partial charge in [-0.05, 0) is 49.2 Å². The molecule has 0 saturated carbocycles. The second-order valence-corrected chi connectivity index (χ2v) is 6.80. The number of nitrogens with one attached hydrogen (secondary N) is 1. The van der Waals surface area contributed by atoms with Gasteiger partial charge in [0.1, 0.15) is 0 Å². The highest BCUT2D eigenvalue weighted by molar-refractivity contribution is 5.92. The molecule has 1 aliphatic heterocycles. The van der Waals surface area contributed by atoms with Crippen LogP contribution in [0.25, 0.3) is 0 Å². The highest BCUT2D eigenvalue weighted by atomic mass is 16.4. The minimum atomic E-state index is -0.687. The summed E-state index contributed by atoms with van der Waals surface area (Å²) in [6, 6.07) is 17.5. The van der Waals surface area contributed by atoms with Gasteiger partial charge in [0.05, 0.1) is 12.3 Å². The van der Waals surface area contributed by atoms with Crippen LogP contribution in [0.2, 0.25) is 0 Å². The fourth-order valence-corrected chi connectivity index (χ4v) is 3.33. The van der Waals surface area contributed by atoms with Crippen molar-refractivity contribution in [2.75, 3.05) is 18.4 Å². The lowest BCUT2D eigenvalue weighted by atomic mass is 9.97. The van der Waals surface area contributed by atoms with Crippen LogP contribution in [0.4, 0.5) is 5.69 Å². The Morgan fingerprint density at radius 2 is 1.69 bits per heavy atom. The lowest BCUT2D eigenvalue weighted by Crippen LogP contribution is -2.35. The van der Waals surface area contributed by atoms with E-state index >= 15 is 0 Å². The lowest BCUT2D eigenvalue weighted by molar-refractivity contribution is -0.143. The van der Waals surface area contributed by atoms with Crippen LogP contribution >= 0.6 is 0 Å². The van der Waals surface area contributed by atoms with E-state index in [-0.39, 0.29) is 11.8 Å². The van der Waals surface area contributed by atoms with Gasteiger partial charge in [-0.25, -0.2) is 0 Å². The SMILES string of the molecule is O=C(Cc1ccccc1)Nc1cccc(CN2CCC(C(=O)O)CC2)c1. The number of carbonyl (C=O) groups excluding carboxylic acids is 1. The van der Waals surface area contributed by atoms with Gasteiger partial charge >= 0.3 is 5.97 Å². The molecule has 5 nitrogen and oxygen atoms in total. The molecule has 26 heavy (non-hydrogen) atoms. The number of hydrogen-bond donors (Lipinski definition) is 2. The third-order valence-corrected chi connectivity index (χ3v) is 4.76. The highest BCUT2D eigenvalue weighted by Crippen LogP contribution is 2.20. The lowest BCUT2D eigenvalue weighted by Gasteiger charge is -2.30. The number of carboxylic acids is 1. The summed E-state index contributed by atoms with van der Waals surface area (Å²) in [5, 5.41) is 12.0. The number of amides is 1. The maximum absolute atomic E-state index is 12.2. The summed E-state index contributed by atoms with van der Waals surface area (Å²) in [5.74, 6) is -0.932. The van der Waals surface area contributed by atoms with Crippen LogP contribution in [0.1, 0.15) is 24.0 Å². The zero-order valence-corrected chi connectivity index (χ0v) is 14.7. The Morgan fingerprint density at radius 1 is 1.00 bits per heavy atom. The molecule has 5 heteroatoms. The number of aliphatic carboxylic acids is 1. The van der Waals surface area contributed by atoms with Gasteiger partial charge < -0.3 is 10.4 Å². The Kier molecular flexibility index (Phi) is 6.02. The molecule has 2 aromatic carbocycles. The molecule has 0 bridgehead atoms.